The van der Waals surface area contributed by atoms with Gasteiger partial charge in [-0.2, -0.15) is 10.1 Å². The van der Waals surface area contributed by atoms with E-state index in [0.29, 0.717) is 12.2 Å². The van der Waals surface area contributed by atoms with Crippen LogP contribution >= 0.6 is 0 Å². The lowest BCUT2D eigenvalue weighted by Crippen LogP contribution is -3.00. The molecular formula is C19H19ClN4O3. The van der Waals surface area contributed by atoms with Crippen LogP contribution in [0, 0.1) is 5.92 Å². The molecule has 2 aliphatic heterocycles. The molecule has 4 N–H and O–H groups in total. The van der Waals surface area contributed by atoms with Crippen molar-refractivity contribution in [2.24, 2.45) is 16.0 Å². The van der Waals surface area contributed by atoms with Crippen molar-refractivity contribution in [3.05, 3.63) is 48.0 Å². The van der Waals surface area contributed by atoms with E-state index in [2.05, 4.69) is 15.5 Å². The van der Waals surface area contributed by atoms with Crippen molar-refractivity contribution in [3.8, 4) is 11.5 Å². The molecule has 2 aromatic carbocycles. The second-order valence-electron chi connectivity index (χ2n) is 6.41. The summed E-state index contributed by atoms with van der Waals surface area (Å²) in [7, 11) is 0. The molecule has 0 saturated carbocycles. The molecule has 8 heteroatoms. The Morgan fingerprint density at radius 3 is 2.89 bits per heavy atom. The number of rotatable bonds is 4. The first-order valence-corrected chi connectivity index (χ1v) is 8.44. The molecular weight excluding hydrogens is 368 g/mol. The van der Waals surface area contributed by atoms with Gasteiger partial charge in [0.2, 0.25) is 11.7 Å². The fourth-order valence-corrected chi connectivity index (χ4v) is 3.10. The quantitative estimate of drug-likeness (QED) is 0.562. The number of ether oxygens (including phenoxy) is 1. The van der Waals surface area contributed by atoms with E-state index in [-0.39, 0.29) is 36.6 Å². The van der Waals surface area contributed by atoms with E-state index in [0.717, 1.165) is 28.5 Å². The minimum absolute atomic E-state index is 0. The lowest BCUT2D eigenvalue weighted by atomic mass is 9.94. The third kappa shape index (κ3) is 3.94. The number of hydrogen-bond acceptors (Lipinski definition) is 5. The molecule has 7 nitrogen and oxygen atoms in total. The third-order valence-corrected chi connectivity index (χ3v) is 4.41. The second kappa shape index (κ2) is 7.77. The molecule has 1 atom stereocenters. The second-order valence-corrected chi connectivity index (χ2v) is 6.41. The molecule has 0 aliphatic carbocycles. The van der Waals surface area contributed by atoms with Crippen LogP contribution in [0.5, 0.6) is 11.5 Å². The number of para-hydroxylation sites is 2. The zero-order valence-corrected chi connectivity index (χ0v) is 15.4. The minimum atomic E-state index is -0.0580. The van der Waals surface area contributed by atoms with Gasteiger partial charge >= 0.3 is 0 Å². The molecule has 2 heterocycles. The summed E-state index contributed by atoms with van der Waals surface area (Å²) in [6, 6.07) is 12.8. The van der Waals surface area contributed by atoms with Crippen molar-refractivity contribution in [1.82, 2.24) is 5.43 Å². The minimum Gasteiger partial charge on any atom is -1.00 e. The summed E-state index contributed by atoms with van der Waals surface area (Å²) >= 11 is 0. The number of amides is 1. The molecule has 0 fully saturated rings. The number of nitrogens with one attached hydrogen (secondary N) is 1. The van der Waals surface area contributed by atoms with E-state index in [9.17, 15) is 9.90 Å². The van der Waals surface area contributed by atoms with Crippen molar-refractivity contribution in [2.45, 2.75) is 13.3 Å². The topological polar surface area (TPSA) is 99.9 Å². The Kier molecular flexibility index (Phi) is 5.43. The van der Waals surface area contributed by atoms with E-state index < -0.39 is 0 Å². The van der Waals surface area contributed by atoms with Crippen LogP contribution in [0.1, 0.15) is 18.9 Å². The Morgan fingerprint density at radius 1 is 1.30 bits per heavy atom. The van der Waals surface area contributed by atoms with Crippen LogP contribution in [0.3, 0.4) is 0 Å². The SMILES string of the molecule is CC1CC(=O)NN=C1c1ccc2c(c1)N=C(COc1ccccc1O)[NH2+]2.[Cl-]. The van der Waals surface area contributed by atoms with Gasteiger partial charge in [-0.05, 0) is 24.3 Å². The van der Waals surface area contributed by atoms with Gasteiger partial charge in [0.25, 0.3) is 0 Å². The van der Waals surface area contributed by atoms with Gasteiger partial charge in [0.1, 0.15) is 5.69 Å². The molecule has 1 unspecified atom stereocenters. The van der Waals surface area contributed by atoms with Gasteiger partial charge in [0.05, 0.1) is 5.71 Å². The van der Waals surface area contributed by atoms with Crippen molar-refractivity contribution < 1.29 is 32.4 Å². The van der Waals surface area contributed by atoms with Crippen LogP contribution in [-0.2, 0) is 4.79 Å². The summed E-state index contributed by atoms with van der Waals surface area (Å²) in [5.41, 5.74) is 6.22. The fourth-order valence-electron chi connectivity index (χ4n) is 3.10. The summed E-state index contributed by atoms with van der Waals surface area (Å²) in [5.74, 6) is 1.34. The van der Waals surface area contributed by atoms with E-state index in [1.165, 1.54) is 0 Å². The van der Waals surface area contributed by atoms with Gasteiger partial charge in [-0.15, -0.1) is 0 Å². The summed E-state index contributed by atoms with van der Waals surface area (Å²) in [5, 5.41) is 15.9. The van der Waals surface area contributed by atoms with Gasteiger partial charge in [0, 0.05) is 24.0 Å². The number of halogens is 1. The van der Waals surface area contributed by atoms with E-state index >= 15 is 0 Å². The maximum absolute atomic E-state index is 11.4. The van der Waals surface area contributed by atoms with Crippen LogP contribution in [0.15, 0.2) is 52.6 Å². The van der Waals surface area contributed by atoms with Gasteiger partial charge < -0.3 is 22.3 Å². The number of phenols is 1. The maximum Gasteiger partial charge on any atom is 0.243 e. The average molecular weight is 387 g/mol. The molecule has 0 saturated heterocycles. The molecule has 2 aliphatic rings. The number of fused-ring (bicyclic) bond motifs is 1. The van der Waals surface area contributed by atoms with E-state index in [4.69, 9.17) is 4.74 Å². The van der Waals surface area contributed by atoms with Crippen molar-refractivity contribution in [2.75, 3.05) is 6.61 Å². The number of carbonyl (C=O) groups excluding carboxylic acids is 1. The number of benzene rings is 2. The highest BCUT2D eigenvalue weighted by Gasteiger charge is 2.25. The number of hydrogen-bond donors (Lipinski definition) is 3. The summed E-state index contributed by atoms with van der Waals surface area (Å²) in [6.07, 6.45) is 0.435. The molecule has 2 aromatic rings. The smallest absolute Gasteiger partial charge is 0.243 e. The molecule has 140 valence electrons. The Balaban J connectivity index is 0.00000210. The highest BCUT2D eigenvalue weighted by molar-refractivity contribution is 6.06. The van der Waals surface area contributed by atoms with Crippen molar-refractivity contribution in [1.29, 1.82) is 0 Å². The normalized spacial score (nSPS) is 18.0. The largest absolute Gasteiger partial charge is 1.00 e. The van der Waals surface area contributed by atoms with E-state index in [1.54, 1.807) is 24.3 Å². The Morgan fingerprint density at radius 2 is 2.11 bits per heavy atom. The number of hydrazone groups is 1. The van der Waals surface area contributed by atoms with Crippen LogP contribution in [-0.4, -0.2) is 29.2 Å². The van der Waals surface area contributed by atoms with Gasteiger partial charge in [-0.25, -0.2) is 5.43 Å². The maximum atomic E-state index is 11.4. The number of quaternary nitrogens is 1. The lowest BCUT2D eigenvalue weighted by Gasteiger charge is -2.19. The first kappa shape index (κ1) is 18.9. The fraction of sp³-hybridized carbons (Fsp3) is 0.211. The molecule has 0 radical (unpaired) electrons. The zero-order chi connectivity index (χ0) is 18.1. The van der Waals surface area contributed by atoms with Gasteiger partial charge in [0.15, 0.2) is 23.8 Å². The summed E-state index contributed by atoms with van der Waals surface area (Å²) in [6.45, 7) is 2.26. The van der Waals surface area contributed by atoms with Crippen LogP contribution in [0.25, 0.3) is 0 Å². The van der Waals surface area contributed by atoms with Crippen molar-refractivity contribution in [3.63, 3.8) is 0 Å². The first-order chi connectivity index (χ1) is 12.6. The van der Waals surface area contributed by atoms with Crippen LogP contribution in [0.4, 0.5) is 11.4 Å². The number of amidine groups is 1. The Bertz CT molecular complexity index is 942. The number of carbonyl (C=O) groups is 1. The van der Waals surface area contributed by atoms with E-state index in [1.807, 2.05) is 30.4 Å². The molecule has 1 amide bonds. The number of phenolic OH excluding ortho intramolecular Hbond substituents is 1. The highest BCUT2D eigenvalue weighted by atomic mass is 35.5. The molecule has 4 rings (SSSR count). The standard InChI is InChI=1S/C19H18N4O3.ClH/c1-11-8-18(25)22-23-19(11)12-6-7-13-14(9-12)21-17(20-13)10-26-16-5-3-2-4-15(16)24;/h2-7,9,11,24H,8,10H2,1H3,(H,20,21)(H,22,25);1H. The summed E-state index contributed by atoms with van der Waals surface area (Å²) in [4.78, 5) is 16.0. The van der Waals surface area contributed by atoms with Crippen molar-refractivity contribution >= 4 is 28.8 Å². The number of aliphatic imine (C=N–C) groups is 1. The molecule has 0 aromatic heterocycles. The summed E-state index contributed by atoms with van der Waals surface area (Å²) < 4.78 is 5.64. The zero-order valence-electron chi connectivity index (χ0n) is 14.6. The van der Waals surface area contributed by atoms with Crippen LogP contribution in [0.2, 0.25) is 0 Å². The first-order valence-electron chi connectivity index (χ1n) is 8.44. The molecule has 0 spiro atoms. The third-order valence-electron chi connectivity index (χ3n) is 4.41. The average Bonchev–Trinajstić information content (AvgIpc) is 3.03. The number of nitrogens with zero attached hydrogens (tertiary/aromatic N) is 2. The Hall–Kier alpha value is -2.90. The van der Waals surface area contributed by atoms with Crippen LogP contribution < -0.4 is 27.9 Å². The predicted molar refractivity (Wildman–Crippen MR) is 97.2 cm³/mol. The Labute approximate surface area is 162 Å². The molecule has 27 heavy (non-hydrogen) atoms. The predicted octanol–water partition coefficient (Wildman–Crippen LogP) is -1.43. The highest BCUT2D eigenvalue weighted by Crippen LogP contribution is 2.29. The van der Waals surface area contributed by atoms with Gasteiger partial charge in [-0.1, -0.05) is 19.1 Å². The number of nitrogens with two attached hydrogens (primary N) is 1. The lowest BCUT2D eigenvalue weighted by molar-refractivity contribution is -0.441. The number of aromatic hydroxyl groups is 1. The monoisotopic (exact) mass is 386 g/mol. The molecule has 0 bridgehead atoms. The van der Waals surface area contributed by atoms with Gasteiger partial charge in [-0.3, -0.25) is 10.1 Å².